The van der Waals surface area contributed by atoms with Gasteiger partial charge in [0.15, 0.2) is 0 Å². The predicted octanol–water partition coefficient (Wildman–Crippen LogP) is 2.99. The van der Waals surface area contributed by atoms with Crippen molar-refractivity contribution in [3.63, 3.8) is 0 Å². The largest absolute Gasteiger partial charge is 0.477 e. The molecule has 0 atom stereocenters. The maximum atomic E-state index is 13.8. The zero-order valence-electron chi connectivity index (χ0n) is 9.57. The molecule has 1 aliphatic carbocycles. The van der Waals surface area contributed by atoms with Crippen molar-refractivity contribution in [3.05, 3.63) is 34.5 Å². The number of halogens is 1. The number of carboxylic acid groups (broad SMARTS) is 1. The summed E-state index contributed by atoms with van der Waals surface area (Å²) < 4.78 is 14.5. The molecule has 0 unspecified atom stereocenters. The van der Waals surface area contributed by atoms with Crippen molar-refractivity contribution in [2.45, 2.75) is 25.4 Å². The number of hydrogen-bond acceptors (Lipinski definition) is 3. The van der Waals surface area contributed by atoms with Gasteiger partial charge in [-0.1, -0.05) is 6.07 Å². The molecule has 1 aromatic heterocycles. The van der Waals surface area contributed by atoms with Gasteiger partial charge in [0.2, 0.25) is 0 Å². The Hall–Kier alpha value is -1.46. The molecule has 1 fully saturated rings. The lowest BCUT2D eigenvalue weighted by Crippen LogP contribution is -2.16. The average Bonchev–Trinajstić information content (AvgIpc) is 3.07. The topological polar surface area (TPSA) is 49.3 Å². The lowest BCUT2D eigenvalue weighted by atomic mass is 10.1. The van der Waals surface area contributed by atoms with Crippen LogP contribution >= 0.6 is 11.3 Å². The SMILES string of the molecule is O=C(O)c1sc2cccc(F)c2c1CNC1CC1. The van der Waals surface area contributed by atoms with Crippen LogP contribution < -0.4 is 5.32 Å². The van der Waals surface area contributed by atoms with E-state index in [4.69, 9.17) is 0 Å². The van der Waals surface area contributed by atoms with E-state index in [1.54, 1.807) is 12.1 Å². The lowest BCUT2D eigenvalue weighted by molar-refractivity contribution is 0.0701. The first-order valence-corrected chi connectivity index (χ1v) is 6.65. The third kappa shape index (κ3) is 2.00. The molecule has 3 rings (SSSR count). The van der Waals surface area contributed by atoms with E-state index in [-0.39, 0.29) is 10.7 Å². The van der Waals surface area contributed by atoms with E-state index in [0.29, 0.717) is 28.2 Å². The van der Waals surface area contributed by atoms with Gasteiger partial charge in [0, 0.05) is 28.2 Å². The van der Waals surface area contributed by atoms with Crippen molar-refractivity contribution in [1.82, 2.24) is 5.32 Å². The van der Waals surface area contributed by atoms with Crippen molar-refractivity contribution < 1.29 is 14.3 Å². The summed E-state index contributed by atoms with van der Waals surface area (Å²) in [6.45, 7) is 0.424. The van der Waals surface area contributed by atoms with Gasteiger partial charge < -0.3 is 10.4 Å². The summed E-state index contributed by atoms with van der Waals surface area (Å²) >= 11 is 1.14. The first kappa shape index (κ1) is 11.6. The van der Waals surface area contributed by atoms with Crippen molar-refractivity contribution >= 4 is 27.4 Å². The number of hydrogen-bond donors (Lipinski definition) is 2. The summed E-state index contributed by atoms with van der Waals surface area (Å²) in [5.41, 5.74) is 0.576. The number of thiophene rings is 1. The van der Waals surface area contributed by atoms with Crippen LogP contribution in [0, 0.1) is 5.82 Å². The lowest BCUT2D eigenvalue weighted by Gasteiger charge is -2.04. The molecule has 1 aromatic carbocycles. The van der Waals surface area contributed by atoms with E-state index in [9.17, 15) is 14.3 Å². The monoisotopic (exact) mass is 265 g/mol. The smallest absolute Gasteiger partial charge is 0.346 e. The van der Waals surface area contributed by atoms with E-state index in [2.05, 4.69) is 5.32 Å². The molecule has 0 saturated heterocycles. The zero-order chi connectivity index (χ0) is 12.7. The van der Waals surface area contributed by atoms with Gasteiger partial charge in [0.1, 0.15) is 10.7 Å². The Bertz CT molecular complexity index is 619. The van der Waals surface area contributed by atoms with E-state index in [1.807, 2.05) is 0 Å². The third-order valence-electron chi connectivity index (χ3n) is 3.10. The molecule has 2 aromatic rings. The zero-order valence-corrected chi connectivity index (χ0v) is 10.4. The molecule has 0 spiro atoms. The molecule has 0 radical (unpaired) electrons. The molecule has 1 aliphatic rings. The quantitative estimate of drug-likeness (QED) is 0.893. The van der Waals surface area contributed by atoms with Crippen molar-refractivity contribution in [1.29, 1.82) is 0 Å². The van der Waals surface area contributed by atoms with Gasteiger partial charge in [-0.3, -0.25) is 0 Å². The minimum atomic E-state index is -0.983. The first-order valence-electron chi connectivity index (χ1n) is 5.83. The maximum Gasteiger partial charge on any atom is 0.346 e. The van der Waals surface area contributed by atoms with Gasteiger partial charge in [0.05, 0.1) is 0 Å². The molecule has 1 saturated carbocycles. The number of rotatable bonds is 4. The minimum absolute atomic E-state index is 0.239. The Morgan fingerprint density at radius 3 is 2.94 bits per heavy atom. The van der Waals surface area contributed by atoms with Gasteiger partial charge >= 0.3 is 5.97 Å². The molecule has 3 nitrogen and oxygen atoms in total. The minimum Gasteiger partial charge on any atom is -0.477 e. The molecular weight excluding hydrogens is 253 g/mol. The second kappa shape index (κ2) is 4.33. The molecular formula is C13H12FNO2S. The molecule has 94 valence electrons. The normalized spacial score (nSPS) is 15.2. The molecule has 0 aliphatic heterocycles. The van der Waals surface area contributed by atoms with Gasteiger partial charge in [0.25, 0.3) is 0 Å². The van der Waals surface area contributed by atoms with Crippen molar-refractivity contribution in [3.8, 4) is 0 Å². The summed E-state index contributed by atoms with van der Waals surface area (Å²) in [6, 6.07) is 5.21. The van der Waals surface area contributed by atoms with E-state index in [1.165, 1.54) is 6.07 Å². The van der Waals surface area contributed by atoms with Crippen LogP contribution in [-0.4, -0.2) is 17.1 Å². The Labute approximate surface area is 107 Å². The summed E-state index contributed by atoms with van der Waals surface area (Å²) in [7, 11) is 0. The van der Waals surface area contributed by atoms with Crippen LogP contribution in [0.2, 0.25) is 0 Å². The highest BCUT2D eigenvalue weighted by Crippen LogP contribution is 2.33. The van der Waals surface area contributed by atoms with Crippen LogP contribution in [0.1, 0.15) is 28.1 Å². The first-order chi connectivity index (χ1) is 8.66. The Kier molecular flexibility index (Phi) is 2.80. The highest BCUT2D eigenvalue weighted by molar-refractivity contribution is 7.21. The number of carbonyl (C=O) groups is 1. The van der Waals surface area contributed by atoms with Gasteiger partial charge in [-0.05, 0) is 25.0 Å². The van der Waals surface area contributed by atoms with Crippen molar-refractivity contribution in [2.75, 3.05) is 0 Å². The number of nitrogens with one attached hydrogen (secondary N) is 1. The highest BCUT2D eigenvalue weighted by Gasteiger charge is 2.24. The number of carboxylic acids is 1. The average molecular weight is 265 g/mol. The fourth-order valence-corrected chi connectivity index (χ4v) is 3.12. The van der Waals surface area contributed by atoms with Gasteiger partial charge in [-0.2, -0.15) is 0 Å². The van der Waals surface area contributed by atoms with Crippen LogP contribution in [0.4, 0.5) is 4.39 Å². The Morgan fingerprint density at radius 1 is 1.50 bits per heavy atom. The fourth-order valence-electron chi connectivity index (χ4n) is 2.04. The van der Waals surface area contributed by atoms with Crippen LogP contribution in [0.5, 0.6) is 0 Å². The van der Waals surface area contributed by atoms with E-state index >= 15 is 0 Å². The molecule has 2 N–H and O–H groups in total. The number of benzene rings is 1. The molecule has 5 heteroatoms. The molecule has 18 heavy (non-hydrogen) atoms. The summed E-state index contributed by atoms with van der Waals surface area (Å²) in [5, 5.41) is 12.9. The predicted molar refractivity (Wildman–Crippen MR) is 68.6 cm³/mol. The maximum absolute atomic E-state index is 13.8. The Morgan fingerprint density at radius 2 is 2.28 bits per heavy atom. The fraction of sp³-hybridized carbons (Fsp3) is 0.308. The summed E-state index contributed by atoms with van der Waals surface area (Å²) in [4.78, 5) is 11.5. The molecule has 1 heterocycles. The number of aromatic carboxylic acids is 1. The van der Waals surface area contributed by atoms with Crippen LogP contribution in [0.15, 0.2) is 18.2 Å². The van der Waals surface area contributed by atoms with Crippen LogP contribution in [0.3, 0.4) is 0 Å². The second-order valence-corrected chi connectivity index (χ2v) is 5.54. The van der Waals surface area contributed by atoms with Crippen LogP contribution in [-0.2, 0) is 6.54 Å². The standard InChI is InChI=1S/C13H12FNO2S/c14-9-2-1-3-10-11(9)8(6-15-7-4-5-7)12(18-10)13(16)17/h1-3,7,15H,4-6H2,(H,16,17). The molecule has 0 amide bonds. The summed E-state index contributed by atoms with van der Waals surface area (Å²) in [6.07, 6.45) is 2.24. The highest BCUT2D eigenvalue weighted by atomic mass is 32.1. The molecule has 0 bridgehead atoms. The summed E-state index contributed by atoms with van der Waals surface area (Å²) in [5.74, 6) is -1.33. The Balaban J connectivity index is 2.10. The van der Waals surface area contributed by atoms with E-state index in [0.717, 1.165) is 24.2 Å². The third-order valence-corrected chi connectivity index (χ3v) is 4.29. The van der Waals surface area contributed by atoms with Gasteiger partial charge in [-0.25, -0.2) is 9.18 Å². The van der Waals surface area contributed by atoms with Gasteiger partial charge in [-0.15, -0.1) is 11.3 Å². The van der Waals surface area contributed by atoms with E-state index < -0.39 is 5.97 Å². The van der Waals surface area contributed by atoms with Crippen LogP contribution in [0.25, 0.3) is 10.1 Å². The second-order valence-electron chi connectivity index (χ2n) is 4.48. The number of fused-ring (bicyclic) bond motifs is 1. The van der Waals surface area contributed by atoms with Crippen molar-refractivity contribution in [2.24, 2.45) is 0 Å².